The maximum atomic E-state index is 10.6. The van der Waals surface area contributed by atoms with Crippen molar-refractivity contribution in [3.63, 3.8) is 0 Å². The van der Waals surface area contributed by atoms with Gasteiger partial charge in [0.05, 0.1) is 18.5 Å². The summed E-state index contributed by atoms with van der Waals surface area (Å²) in [6, 6.07) is 0. The van der Waals surface area contributed by atoms with Crippen LogP contribution in [-0.4, -0.2) is 40.1 Å². The Morgan fingerprint density at radius 3 is 2.79 bits per heavy atom. The summed E-state index contributed by atoms with van der Waals surface area (Å²) in [7, 11) is -3.30. The molecule has 0 amide bonds. The van der Waals surface area contributed by atoms with Crippen LogP contribution in [0.1, 0.15) is 19.3 Å². The Balaban J connectivity index is 1.94. The van der Waals surface area contributed by atoms with Gasteiger partial charge in [-0.25, -0.2) is 13.6 Å². The summed E-state index contributed by atoms with van der Waals surface area (Å²) < 4.78 is 31.7. The summed E-state index contributed by atoms with van der Waals surface area (Å²) in [6.07, 6.45) is 2.43. The average molecular weight is 223 g/mol. The van der Waals surface area contributed by atoms with E-state index in [4.69, 9.17) is 14.6 Å². The predicted molar refractivity (Wildman–Crippen MR) is 52.4 cm³/mol. The van der Waals surface area contributed by atoms with Gasteiger partial charge in [0.15, 0.2) is 0 Å². The van der Waals surface area contributed by atoms with Crippen molar-refractivity contribution < 1.29 is 17.9 Å². The molecular formula is C8H17NO4S. The first kappa shape index (κ1) is 11.9. The first-order chi connectivity index (χ1) is 6.58. The minimum Gasteiger partial charge on any atom is -0.379 e. The third kappa shape index (κ3) is 5.54. The van der Waals surface area contributed by atoms with Crippen molar-refractivity contribution in [1.29, 1.82) is 0 Å². The topological polar surface area (TPSA) is 78.6 Å². The van der Waals surface area contributed by atoms with E-state index < -0.39 is 10.0 Å². The molecule has 1 aliphatic heterocycles. The van der Waals surface area contributed by atoms with E-state index >= 15 is 0 Å². The largest absolute Gasteiger partial charge is 0.379 e. The van der Waals surface area contributed by atoms with E-state index in [1.807, 2.05) is 0 Å². The van der Waals surface area contributed by atoms with Gasteiger partial charge in [-0.3, -0.25) is 0 Å². The summed E-state index contributed by atoms with van der Waals surface area (Å²) in [5.41, 5.74) is 0. The molecule has 1 saturated heterocycles. The fraction of sp³-hybridized carbons (Fsp3) is 1.00. The molecule has 0 aromatic carbocycles. The summed E-state index contributed by atoms with van der Waals surface area (Å²) in [4.78, 5) is 0. The standard InChI is InChI=1S/C8H17NO4S/c9-14(10,11)6-2-1-4-13-8-3-5-12-7-8/h8H,1-7H2,(H2,9,10,11). The molecule has 0 saturated carbocycles. The highest BCUT2D eigenvalue weighted by atomic mass is 32.2. The van der Waals surface area contributed by atoms with Crippen LogP contribution in [0.15, 0.2) is 0 Å². The molecule has 2 N–H and O–H groups in total. The van der Waals surface area contributed by atoms with Crippen LogP contribution in [0.4, 0.5) is 0 Å². The zero-order valence-electron chi connectivity index (χ0n) is 8.15. The second kappa shape index (κ2) is 5.65. The first-order valence-corrected chi connectivity index (χ1v) is 6.49. The number of hydrogen-bond acceptors (Lipinski definition) is 4. The summed E-state index contributed by atoms with van der Waals surface area (Å²) in [6.45, 7) is 2.01. The van der Waals surface area contributed by atoms with Crippen LogP contribution in [-0.2, 0) is 19.5 Å². The second-order valence-corrected chi connectivity index (χ2v) is 5.16. The number of hydrogen-bond donors (Lipinski definition) is 1. The molecule has 1 aliphatic rings. The molecule has 0 bridgehead atoms. The SMILES string of the molecule is NS(=O)(=O)CCCCOC1CCOC1. The molecule has 0 aliphatic carbocycles. The lowest BCUT2D eigenvalue weighted by molar-refractivity contribution is 0.0413. The van der Waals surface area contributed by atoms with Crippen LogP contribution in [0.3, 0.4) is 0 Å². The van der Waals surface area contributed by atoms with Crippen LogP contribution in [0.2, 0.25) is 0 Å². The summed E-state index contributed by atoms with van der Waals surface area (Å²) in [5, 5.41) is 4.85. The molecule has 5 nitrogen and oxygen atoms in total. The molecule has 0 aromatic heterocycles. The van der Waals surface area contributed by atoms with Crippen molar-refractivity contribution in [2.24, 2.45) is 5.14 Å². The fourth-order valence-electron chi connectivity index (χ4n) is 1.30. The molecule has 6 heteroatoms. The lowest BCUT2D eigenvalue weighted by Crippen LogP contribution is -2.17. The fourth-order valence-corrected chi connectivity index (χ4v) is 1.91. The van der Waals surface area contributed by atoms with E-state index in [1.54, 1.807) is 0 Å². The van der Waals surface area contributed by atoms with Crippen molar-refractivity contribution in [1.82, 2.24) is 0 Å². The molecular weight excluding hydrogens is 206 g/mol. The molecule has 1 heterocycles. The van der Waals surface area contributed by atoms with Crippen molar-refractivity contribution in [3.05, 3.63) is 0 Å². The second-order valence-electron chi connectivity index (χ2n) is 3.43. The molecule has 84 valence electrons. The highest BCUT2D eigenvalue weighted by molar-refractivity contribution is 7.89. The Morgan fingerprint density at radius 1 is 1.43 bits per heavy atom. The molecule has 0 radical (unpaired) electrons. The molecule has 1 rings (SSSR count). The smallest absolute Gasteiger partial charge is 0.209 e. The van der Waals surface area contributed by atoms with Gasteiger partial charge < -0.3 is 9.47 Å². The first-order valence-electron chi connectivity index (χ1n) is 4.78. The van der Waals surface area contributed by atoms with Crippen molar-refractivity contribution >= 4 is 10.0 Å². The quantitative estimate of drug-likeness (QED) is 0.636. The van der Waals surface area contributed by atoms with Gasteiger partial charge in [0.2, 0.25) is 10.0 Å². The Hall–Kier alpha value is -0.170. The lowest BCUT2D eigenvalue weighted by Gasteiger charge is -2.08. The summed E-state index contributed by atoms with van der Waals surface area (Å²) in [5.74, 6) is 0.0392. The highest BCUT2D eigenvalue weighted by Crippen LogP contribution is 2.08. The van der Waals surface area contributed by atoms with Gasteiger partial charge in [0.25, 0.3) is 0 Å². The van der Waals surface area contributed by atoms with Gasteiger partial charge in [-0.2, -0.15) is 0 Å². The summed E-state index contributed by atoms with van der Waals surface area (Å²) >= 11 is 0. The minimum atomic E-state index is -3.30. The minimum absolute atomic E-state index is 0.0392. The number of primary sulfonamides is 1. The van der Waals surface area contributed by atoms with E-state index in [1.165, 1.54) is 0 Å². The van der Waals surface area contributed by atoms with Gasteiger partial charge in [-0.15, -0.1) is 0 Å². The number of nitrogens with two attached hydrogens (primary N) is 1. The zero-order valence-corrected chi connectivity index (χ0v) is 8.96. The normalized spacial score (nSPS) is 22.8. The third-order valence-electron chi connectivity index (χ3n) is 2.06. The van der Waals surface area contributed by atoms with E-state index in [0.29, 0.717) is 19.6 Å². The molecule has 1 atom stereocenters. The zero-order chi connectivity index (χ0) is 10.4. The van der Waals surface area contributed by atoms with Crippen LogP contribution < -0.4 is 5.14 Å². The Bertz CT molecular complexity index is 246. The van der Waals surface area contributed by atoms with Crippen LogP contribution >= 0.6 is 0 Å². The van der Waals surface area contributed by atoms with Gasteiger partial charge in [0, 0.05) is 13.2 Å². The molecule has 14 heavy (non-hydrogen) atoms. The van der Waals surface area contributed by atoms with Gasteiger partial charge in [0.1, 0.15) is 0 Å². The van der Waals surface area contributed by atoms with E-state index in [0.717, 1.165) is 19.4 Å². The number of ether oxygens (including phenoxy) is 2. The lowest BCUT2D eigenvalue weighted by atomic mass is 10.3. The number of unbranched alkanes of at least 4 members (excludes halogenated alkanes) is 1. The Morgan fingerprint density at radius 2 is 2.21 bits per heavy atom. The molecule has 0 spiro atoms. The monoisotopic (exact) mass is 223 g/mol. The highest BCUT2D eigenvalue weighted by Gasteiger charge is 2.15. The van der Waals surface area contributed by atoms with Crippen molar-refractivity contribution in [2.45, 2.75) is 25.4 Å². The third-order valence-corrected chi connectivity index (χ3v) is 2.92. The van der Waals surface area contributed by atoms with Crippen molar-refractivity contribution in [2.75, 3.05) is 25.6 Å². The molecule has 0 aromatic rings. The van der Waals surface area contributed by atoms with Crippen LogP contribution in [0.25, 0.3) is 0 Å². The predicted octanol–water partition coefficient (Wildman–Crippen LogP) is -0.139. The van der Waals surface area contributed by atoms with E-state index in [9.17, 15) is 8.42 Å². The molecule has 1 fully saturated rings. The van der Waals surface area contributed by atoms with Crippen LogP contribution in [0.5, 0.6) is 0 Å². The number of rotatable bonds is 6. The average Bonchev–Trinajstić information content (AvgIpc) is 2.54. The van der Waals surface area contributed by atoms with E-state index in [2.05, 4.69) is 0 Å². The van der Waals surface area contributed by atoms with Crippen LogP contribution in [0, 0.1) is 0 Å². The van der Waals surface area contributed by atoms with Gasteiger partial charge in [-0.05, 0) is 19.3 Å². The maximum absolute atomic E-state index is 10.6. The van der Waals surface area contributed by atoms with Crippen molar-refractivity contribution in [3.8, 4) is 0 Å². The number of sulfonamides is 1. The maximum Gasteiger partial charge on any atom is 0.209 e. The van der Waals surface area contributed by atoms with Gasteiger partial charge in [-0.1, -0.05) is 0 Å². The van der Waals surface area contributed by atoms with Gasteiger partial charge >= 0.3 is 0 Å². The Kier molecular flexibility index (Phi) is 4.80. The van der Waals surface area contributed by atoms with E-state index in [-0.39, 0.29) is 11.9 Å². The molecule has 1 unspecified atom stereocenters. The Labute approximate surface area is 84.6 Å².